The lowest BCUT2D eigenvalue weighted by Gasteiger charge is -2.09. The highest BCUT2D eigenvalue weighted by atomic mass is 16.5. The molecule has 1 saturated heterocycles. The van der Waals surface area contributed by atoms with Crippen molar-refractivity contribution < 1.29 is 14.6 Å². The fraction of sp³-hybridized carbons (Fsp3) is 0.889. The Morgan fingerprint density at radius 1 is 1.62 bits per heavy atom. The number of carbonyl (C=O) groups is 1. The van der Waals surface area contributed by atoms with Crippen LogP contribution in [-0.2, 0) is 9.53 Å². The van der Waals surface area contributed by atoms with Crippen molar-refractivity contribution in [3.8, 4) is 0 Å². The van der Waals surface area contributed by atoms with Gasteiger partial charge in [0.15, 0.2) is 0 Å². The first kappa shape index (κ1) is 10.5. The van der Waals surface area contributed by atoms with Crippen LogP contribution in [0.25, 0.3) is 0 Å². The Labute approximate surface area is 78.3 Å². The molecule has 4 heteroatoms. The molecule has 0 amide bonds. The molecule has 1 aliphatic rings. The van der Waals surface area contributed by atoms with E-state index in [2.05, 4.69) is 5.32 Å². The average molecular weight is 187 g/mol. The van der Waals surface area contributed by atoms with Gasteiger partial charge in [-0.3, -0.25) is 4.79 Å². The first-order chi connectivity index (χ1) is 6.29. The summed E-state index contributed by atoms with van der Waals surface area (Å²) in [7, 11) is 0. The smallest absolute Gasteiger partial charge is 0.303 e. The van der Waals surface area contributed by atoms with Gasteiger partial charge in [-0.15, -0.1) is 0 Å². The topological polar surface area (TPSA) is 58.6 Å². The number of nitrogens with one attached hydrogen (secondary N) is 1. The molecule has 1 fully saturated rings. The Bertz CT molecular complexity index is 155. The first-order valence-corrected chi connectivity index (χ1v) is 4.83. The third-order valence-electron chi connectivity index (χ3n) is 2.14. The minimum Gasteiger partial charge on any atom is -0.481 e. The summed E-state index contributed by atoms with van der Waals surface area (Å²) < 4.78 is 5.40. The minimum absolute atomic E-state index is 0.249. The molecule has 0 spiro atoms. The molecule has 1 atom stereocenters. The van der Waals surface area contributed by atoms with Crippen LogP contribution in [0, 0.1) is 0 Å². The number of rotatable bonds is 6. The maximum absolute atomic E-state index is 10.2. The lowest BCUT2D eigenvalue weighted by atomic mass is 10.2. The van der Waals surface area contributed by atoms with Gasteiger partial charge in [0.25, 0.3) is 0 Å². The molecule has 0 aromatic heterocycles. The quantitative estimate of drug-likeness (QED) is 0.598. The zero-order valence-electron chi connectivity index (χ0n) is 7.79. The number of ether oxygens (including phenoxy) is 1. The molecular formula is C9H17NO3. The summed E-state index contributed by atoms with van der Waals surface area (Å²) in [5.41, 5.74) is 0. The van der Waals surface area contributed by atoms with E-state index in [1.165, 1.54) is 0 Å². The Hall–Kier alpha value is -0.610. The fourth-order valence-corrected chi connectivity index (χ4v) is 1.43. The molecule has 1 aliphatic heterocycles. The van der Waals surface area contributed by atoms with Crippen molar-refractivity contribution in [2.45, 2.75) is 31.8 Å². The molecule has 0 bridgehead atoms. The van der Waals surface area contributed by atoms with Gasteiger partial charge >= 0.3 is 5.97 Å². The molecular weight excluding hydrogens is 170 g/mol. The van der Waals surface area contributed by atoms with E-state index in [1.54, 1.807) is 0 Å². The van der Waals surface area contributed by atoms with E-state index in [0.29, 0.717) is 12.5 Å². The van der Waals surface area contributed by atoms with Crippen molar-refractivity contribution in [2.24, 2.45) is 0 Å². The SMILES string of the molecule is O=C(O)CCCNC[C@@H]1CCCO1. The predicted molar refractivity (Wildman–Crippen MR) is 48.7 cm³/mol. The van der Waals surface area contributed by atoms with Gasteiger partial charge in [0, 0.05) is 19.6 Å². The Morgan fingerprint density at radius 3 is 3.08 bits per heavy atom. The molecule has 0 aliphatic carbocycles. The largest absolute Gasteiger partial charge is 0.481 e. The first-order valence-electron chi connectivity index (χ1n) is 4.83. The van der Waals surface area contributed by atoms with Crippen molar-refractivity contribution in [2.75, 3.05) is 19.7 Å². The molecule has 1 heterocycles. The van der Waals surface area contributed by atoms with Crippen molar-refractivity contribution in [1.82, 2.24) is 5.32 Å². The summed E-state index contributed by atoms with van der Waals surface area (Å²) in [6.07, 6.45) is 3.58. The van der Waals surface area contributed by atoms with E-state index in [-0.39, 0.29) is 6.42 Å². The summed E-state index contributed by atoms with van der Waals surface area (Å²) >= 11 is 0. The fourth-order valence-electron chi connectivity index (χ4n) is 1.43. The van der Waals surface area contributed by atoms with Gasteiger partial charge in [-0.2, -0.15) is 0 Å². The Morgan fingerprint density at radius 2 is 2.46 bits per heavy atom. The van der Waals surface area contributed by atoms with Crippen LogP contribution >= 0.6 is 0 Å². The Balaban J connectivity index is 1.86. The van der Waals surface area contributed by atoms with Crippen LogP contribution in [-0.4, -0.2) is 36.9 Å². The zero-order valence-corrected chi connectivity index (χ0v) is 7.79. The van der Waals surface area contributed by atoms with Gasteiger partial charge in [0.1, 0.15) is 0 Å². The normalized spacial score (nSPS) is 22.0. The summed E-state index contributed by atoms with van der Waals surface area (Å²) in [6, 6.07) is 0. The second-order valence-corrected chi connectivity index (χ2v) is 3.34. The second kappa shape index (κ2) is 5.94. The lowest BCUT2D eigenvalue weighted by molar-refractivity contribution is -0.137. The van der Waals surface area contributed by atoms with Gasteiger partial charge < -0.3 is 15.2 Å². The summed E-state index contributed by atoms with van der Waals surface area (Å²) in [4.78, 5) is 10.2. The zero-order chi connectivity index (χ0) is 9.52. The van der Waals surface area contributed by atoms with Crippen LogP contribution in [0.15, 0.2) is 0 Å². The van der Waals surface area contributed by atoms with Crippen LogP contribution in [0.1, 0.15) is 25.7 Å². The number of aliphatic carboxylic acids is 1. The van der Waals surface area contributed by atoms with E-state index in [9.17, 15) is 4.79 Å². The molecule has 13 heavy (non-hydrogen) atoms. The van der Waals surface area contributed by atoms with E-state index in [1.807, 2.05) is 0 Å². The van der Waals surface area contributed by atoms with Crippen LogP contribution in [0.3, 0.4) is 0 Å². The molecule has 76 valence electrons. The maximum Gasteiger partial charge on any atom is 0.303 e. The number of carboxylic acids is 1. The summed E-state index contributed by atoms with van der Waals surface area (Å²) in [5.74, 6) is -0.723. The highest BCUT2D eigenvalue weighted by Crippen LogP contribution is 2.10. The highest BCUT2D eigenvalue weighted by Gasteiger charge is 2.14. The highest BCUT2D eigenvalue weighted by molar-refractivity contribution is 5.66. The molecule has 0 radical (unpaired) electrons. The van der Waals surface area contributed by atoms with Crippen LogP contribution in [0.5, 0.6) is 0 Å². The van der Waals surface area contributed by atoms with E-state index < -0.39 is 5.97 Å². The van der Waals surface area contributed by atoms with Gasteiger partial charge in [0.05, 0.1) is 6.10 Å². The van der Waals surface area contributed by atoms with Crippen LogP contribution in [0.2, 0.25) is 0 Å². The van der Waals surface area contributed by atoms with E-state index >= 15 is 0 Å². The lowest BCUT2D eigenvalue weighted by Crippen LogP contribution is -2.27. The van der Waals surface area contributed by atoms with Crippen molar-refractivity contribution in [1.29, 1.82) is 0 Å². The molecule has 0 aromatic carbocycles. The van der Waals surface area contributed by atoms with Crippen molar-refractivity contribution in [3.05, 3.63) is 0 Å². The van der Waals surface area contributed by atoms with Crippen molar-refractivity contribution in [3.63, 3.8) is 0 Å². The molecule has 1 rings (SSSR count). The molecule has 0 saturated carbocycles. The van der Waals surface area contributed by atoms with Crippen molar-refractivity contribution >= 4 is 5.97 Å². The molecule has 4 nitrogen and oxygen atoms in total. The van der Waals surface area contributed by atoms with Crippen LogP contribution in [0.4, 0.5) is 0 Å². The van der Waals surface area contributed by atoms with Gasteiger partial charge in [0.2, 0.25) is 0 Å². The monoisotopic (exact) mass is 187 g/mol. The second-order valence-electron chi connectivity index (χ2n) is 3.34. The molecule has 2 N–H and O–H groups in total. The van der Waals surface area contributed by atoms with Gasteiger partial charge in [-0.1, -0.05) is 0 Å². The number of carboxylic acid groups (broad SMARTS) is 1. The molecule has 0 unspecified atom stereocenters. The van der Waals surface area contributed by atoms with Crippen LogP contribution < -0.4 is 5.32 Å². The minimum atomic E-state index is -0.723. The van der Waals surface area contributed by atoms with E-state index in [0.717, 1.165) is 32.5 Å². The summed E-state index contributed by atoms with van der Waals surface area (Å²) in [5, 5.41) is 11.6. The van der Waals surface area contributed by atoms with Gasteiger partial charge in [-0.25, -0.2) is 0 Å². The average Bonchev–Trinajstić information content (AvgIpc) is 2.55. The third-order valence-corrected chi connectivity index (χ3v) is 2.14. The Kier molecular flexibility index (Phi) is 4.78. The number of hydrogen-bond acceptors (Lipinski definition) is 3. The molecule has 0 aromatic rings. The van der Waals surface area contributed by atoms with Gasteiger partial charge in [-0.05, 0) is 25.8 Å². The third kappa shape index (κ3) is 4.85. The van der Waals surface area contributed by atoms with E-state index in [4.69, 9.17) is 9.84 Å². The standard InChI is InChI=1S/C9H17NO3/c11-9(12)4-1-5-10-7-8-3-2-6-13-8/h8,10H,1-7H2,(H,11,12)/t8-/m0/s1. The summed E-state index contributed by atoms with van der Waals surface area (Å²) in [6.45, 7) is 2.51. The maximum atomic E-state index is 10.2. The predicted octanol–water partition coefficient (Wildman–Crippen LogP) is 0.620. The number of hydrogen-bond donors (Lipinski definition) is 2.